The summed E-state index contributed by atoms with van der Waals surface area (Å²) in [5.74, 6) is 0.562. The molecule has 1 unspecified atom stereocenters. The molecule has 1 aliphatic heterocycles. The van der Waals surface area contributed by atoms with Gasteiger partial charge in [-0.25, -0.2) is 4.98 Å². The van der Waals surface area contributed by atoms with Crippen LogP contribution in [0.15, 0.2) is 30.3 Å². The quantitative estimate of drug-likeness (QED) is 0.667. The van der Waals surface area contributed by atoms with Gasteiger partial charge in [0.25, 0.3) is 5.91 Å². The van der Waals surface area contributed by atoms with Crippen molar-refractivity contribution in [1.82, 2.24) is 9.99 Å². The smallest absolute Gasteiger partial charge is 0.260 e. The van der Waals surface area contributed by atoms with Gasteiger partial charge in [0.1, 0.15) is 11.2 Å². The number of amides is 1. The van der Waals surface area contributed by atoms with Crippen LogP contribution in [0, 0.1) is 6.92 Å². The van der Waals surface area contributed by atoms with Crippen molar-refractivity contribution in [1.29, 1.82) is 0 Å². The molecular weight excluding hydrogens is 250 g/mol. The normalized spacial score (nSPS) is 18.9. The van der Waals surface area contributed by atoms with E-state index in [-0.39, 0.29) is 5.91 Å². The van der Waals surface area contributed by atoms with Crippen molar-refractivity contribution in [2.45, 2.75) is 12.3 Å². The number of rotatable bonds is 2. The van der Waals surface area contributed by atoms with Crippen molar-refractivity contribution in [3.05, 3.63) is 35.9 Å². The Morgan fingerprint density at radius 2 is 2.22 bits per heavy atom. The monoisotopic (exact) mass is 261 g/mol. The first-order chi connectivity index (χ1) is 8.65. The van der Waals surface area contributed by atoms with Crippen LogP contribution in [0.4, 0.5) is 5.82 Å². The molecule has 18 heavy (non-hydrogen) atoms. The summed E-state index contributed by atoms with van der Waals surface area (Å²) in [6.07, 6.45) is 0. The van der Waals surface area contributed by atoms with Crippen LogP contribution in [0.2, 0.25) is 0 Å². The van der Waals surface area contributed by atoms with E-state index in [2.05, 4.69) is 10.4 Å². The zero-order valence-corrected chi connectivity index (χ0v) is 10.6. The highest BCUT2D eigenvalue weighted by Gasteiger charge is 2.35. The molecule has 1 aliphatic rings. The number of halogens is 1. The fourth-order valence-corrected chi connectivity index (χ4v) is 2.29. The topological polar surface area (TPSA) is 45.2 Å². The number of nitrogens with one attached hydrogen (secondary N) is 1. The molecule has 0 bridgehead atoms. The molecule has 1 amide bonds. The first-order valence-electron chi connectivity index (χ1n) is 5.73. The lowest BCUT2D eigenvalue weighted by Crippen LogP contribution is -2.56. The van der Waals surface area contributed by atoms with Crippen molar-refractivity contribution in [3.63, 3.8) is 0 Å². The predicted octanol–water partition coefficient (Wildman–Crippen LogP) is 2.32. The highest BCUT2D eigenvalue weighted by Crippen LogP contribution is 2.22. The number of aryl methyl sites for hydroxylation is 1. The minimum Gasteiger partial charge on any atom is -0.279 e. The lowest BCUT2D eigenvalue weighted by atomic mass is 10.1. The summed E-state index contributed by atoms with van der Waals surface area (Å²) >= 11 is 5.74. The van der Waals surface area contributed by atoms with Gasteiger partial charge in [-0.05, 0) is 24.6 Å². The fourth-order valence-electron chi connectivity index (χ4n) is 2.03. The molecule has 0 saturated carbocycles. The third-order valence-corrected chi connectivity index (χ3v) is 3.37. The summed E-state index contributed by atoms with van der Waals surface area (Å²) in [6, 6.07) is 9.85. The highest BCUT2D eigenvalue weighted by atomic mass is 35.5. The minimum atomic E-state index is -0.404. The van der Waals surface area contributed by atoms with Gasteiger partial charge in [0.15, 0.2) is 0 Å². The van der Waals surface area contributed by atoms with E-state index >= 15 is 0 Å². The van der Waals surface area contributed by atoms with Gasteiger partial charge in [0, 0.05) is 5.39 Å². The number of anilines is 1. The van der Waals surface area contributed by atoms with E-state index in [1.54, 1.807) is 0 Å². The summed E-state index contributed by atoms with van der Waals surface area (Å²) in [4.78, 5) is 15.9. The molecule has 2 heterocycles. The third-order valence-electron chi connectivity index (χ3n) is 3.05. The molecule has 0 spiro atoms. The number of β-lactam (4-membered cyclic amide) rings is 1. The molecule has 4 nitrogen and oxygen atoms in total. The maximum Gasteiger partial charge on any atom is 0.260 e. The number of para-hydroxylation sites is 1. The molecule has 1 atom stereocenters. The van der Waals surface area contributed by atoms with Crippen molar-refractivity contribution in [2.75, 3.05) is 12.0 Å². The Morgan fingerprint density at radius 3 is 2.94 bits per heavy atom. The predicted molar refractivity (Wildman–Crippen MR) is 71.5 cm³/mol. The summed E-state index contributed by atoms with van der Waals surface area (Å²) in [5, 5.41) is 2.20. The Labute approximate surface area is 110 Å². The summed E-state index contributed by atoms with van der Waals surface area (Å²) < 4.78 is 0. The first kappa shape index (κ1) is 11.3. The second kappa shape index (κ2) is 4.14. The van der Waals surface area contributed by atoms with Crippen LogP contribution in [0.3, 0.4) is 0 Å². The number of hydrazine groups is 1. The Hall–Kier alpha value is -1.81. The summed E-state index contributed by atoms with van der Waals surface area (Å²) in [5.41, 5.74) is 5.02. The van der Waals surface area contributed by atoms with Crippen LogP contribution in [-0.2, 0) is 4.79 Å². The molecule has 92 valence electrons. The molecule has 3 rings (SSSR count). The number of fused-ring (bicyclic) bond motifs is 1. The van der Waals surface area contributed by atoms with E-state index in [1.807, 2.05) is 37.3 Å². The molecule has 2 aromatic rings. The highest BCUT2D eigenvalue weighted by molar-refractivity contribution is 6.33. The van der Waals surface area contributed by atoms with E-state index in [0.717, 1.165) is 16.5 Å². The number of carbonyl (C=O) groups excluding carboxylic acids is 1. The molecule has 1 aromatic carbocycles. The van der Waals surface area contributed by atoms with Crippen LogP contribution in [0.25, 0.3) is 10.9 Å². The Balaban J connectivity index is 1.91. The van der Waals surface area contributed by atoms with Crippen LogP contribution in [0.5, 0.6) is 0 Å². The van der Waals surface area contributed by atoms with Crippen molar-refractivity contribution < 1.29 is 4.79 Å². The summed E-state index contributed by atoms with van der Waals surface area (Å²) in [6.45, 7) is 2.53. The van der Waals surface area contributed by atoms with Gasteiger partial charge in [-0.3, -0.25) is 15.2 Å². The minimum absolute atomic E-state index is 0.107. The molecule has 1 fully saturated rings. The number of alkyl halides is 1. The van der Waals surface area contributed by atoms with Gasteiger partial charge in [0.2, 0.25) is 0 Å². The van der Waals surface area contributed by atoms with Gasteiger partial charge >= 0.3 is 0 Å². The molecule has 1 saturated heterocycles. The van der Waals surface area contributed by atoms with Crippen LogP contribution in [0.1, 0.15) is 5.56 Å². The van der Waals surface area contributed by atoms with Gasteiger partial charge in [-0.15, -0.1) is 11.6 Å². The van der Waals surface area contributed by atoms with Crippen LogP contribution >= 0.6 is 11.6 Å². The van der Waals surface area contributed by atoms with Gasteiger partial charge in [0.05, 0.1) is 12.1 Å². The van der Waals surface area contributed by atoms with Gasteiger partial charge < -0.3 is 0 Å². The van der Waals surface area contributed by atoms with Crippen molar-refractivity contribution in [2.24, 2.45) is 0 Å². The average Bonchev–Trinajstić information content (AvgIpc) is 2.38. The Bertz CT molecular complexity index is 629. The molecule has 5 heteroatoms. The third kappa shape index (κ3) is 1.78. The van der Waals surface area contributed by atoms with E-state index < -0.39 is 5.38 Å². The Morgan fingerprint density at radius 1 is 1.44 bits per heavy atom. The average molecular weight is 262 g/mol. The van der Waals surface area contributed by atoms with E-state index in [4.69, 9.17) is 11.6 Å². The SMILES string of the molecule is Cc1cc(NN2CC(Cl)C2=O)nc2ccccc12. The number of hydrogen-bond donors (Lipinski definition) is 1. The maximum atomic E-state index is 11.4. The first-order valence-corrected chi connectivity index (χ1v) is 6.17. The van der Waals surface area contributed by atoms with Crippen LogP contribution in [-0.4, -0.2) is 27.8 Å². The van der Waals surface area contributed by atoms with E-state index in [1.165, 1.54) is 5.01 Å². The molecular formula is C13H12ClN3O. The van der Waals surface area contributed by atoms with Crippen molar-refractivity contribution >= 4 is 34.2 Å². The number of aromatic nitrogens is 1. The largest absolute Gasteiger partial charge is 0.279 e. The summed E-state index contributed by atoms with van der Waals surface area (Å²) in [7, 11) is 0. The lowest BCUT2D eigenvalue weighted by Gasteiger charge is -2.35. The molecule has 1 N–H and O–H groups in total. The maximum absolute atomic E-state index is 11.4. The molecule has 0 aliphatic carbocycles. The Kier molecular flexibility index (Phi) is 2.59. The number of hydrogen-bond acceptors (Lipinski definition) is 3. The fraction of sp³-hybridized carbons (Fsp3) is 0.231. The number of nitrogens with zero attached hydrogens (tertiary/aromatic N) is 2. The van der Waals surface area contributed by atoms with Crippen LogP contribution < -0.4 is 5.43 Å². The zero-order valence-electron chi connectivity index (χ0n) is 9.85. The molecule has 1 aromatic heterocycles. The van der Waals surface area contributed by atoms with Crippen molar-refractivity contribution in [3.8, 4) is 0 Å². The second-order valence-corrected chi connectivity index (χ2v) is 4.90. The van der Waals surface area contributed by atoms with Gasteiger partial charge in [-0.2, -0.15) is 0 Å². The van der Waals surface area contributed by atoms with E-state index in [9.17, 15) is 4.79 Å². The number of pyridine rings is 1. The second-order valence-electron chi connectivity index (χ2n) is 4.37. The van der Waals surface area contributed by atoms with Gasteiger partial charge in [-0.1, -0.05) is 18.2 Å². The number of benzene rings is 1. The molecule has 0 radical (unpaired) electrons. The number of carbonyl (C=O) groups is 1. The lowest BCUT2D eigenvalue weighted by molar-refractivity contribution is -0.137. The van der Waals surface area contributed by atoms with E-state index in [0.29, 0.717) is 12.4 Å². The zero-order chi connectivity index (χ0) is 12.7. The standard InChI is InChI=1S/C13H12ClN3O/c1-8-6-12(16-17-7-10(14)13(17)18)15-11-5-3-2-4-9(8)11/h2-6,10H,7H2,1H3,(H,15,16).